The van der Waals surface area contributed by atoms with Crippen LogP contribution >= 0.6 is 0 Å². The summed E-state index contributed by atoms with van der Waals surface area (Å²) in [5.41, 5.74) is 9.78. The standard InChI is InChI=1S/C18H16N4O2.C17H16N6O.C2H6O.H4N2/c1-12-5-6-13(17(23)24-2)10-16(12)22-18-20-9-7-15(21-18)14-4-3-8-19-11-14;1-11-4-5-12(16(24)23-18)9-15(11)22-17-20-8-6-14(21-17)13-3-2-7-19-10-13;1-2-3;1-2/h3-11H,1-2H3,(H,20,21,22);2-10H,18H2,1H3,(H,23,24)(H,20,21,22);3H,2H2,1H3;1-2H2. The van der Waals surface area contributed by atoms with Gasteiger partial charge in [0.25, 0.3) is 5.91 Å². The first-order valence-electron chi connectivity index (χ1n) is 16.0. The monoisotopic (exact) mass is 718 g/mol. The fourth-order valence-corrected chi connectivity index (χ4v) is 4.41. The summed E-state index contributed by atoms with van der Waals surface area (Å²) in [6.45, 7) is 5.80. The van der Waals surface area contributed by atoms with Crippen molar-refractivity contribution in [2.45, 2.75) is 20.8 Å². The first kappa shape index (κ1) is 40.7. The number of hydrogen-bond acceptors (Lipinski definition) is 15. The van der Waals surface area contributed by atoms with Crippen molar-refractivity contribution in [3.05, 3.63) is 132 Å². The molecule has 2 aromatic carbocycles. The van der Waals surface area contributed by atoms with Crippen LogP contribution < -0.4 is 33.6 Å². The van der Waals surface area contributed by atoms with Crippen LogP contribution in [0.1, 0.15) is 38.8 Å². The fraction of sp³-hybridized carbons (Fsp3) is 0.135. The van der Waals surface area contributed by atoms with E-state index in [1.165, 1.54) is 7.11 Å². The van der Waals surface area contributed by atoms with Gasteiger partial charge in [0.05, 0.1) is 24.1 Å². The number of esters is 1. The minimum absolute atomic E-state index is 0.250. The molecule has 274 valence electrons. The number of methoxy groups -OCH3 is 1. The Balaban J connectivity index is 0.000000255. The highest BCUT2D eigenvalue weighted by atomic mass is 16.5. The van der Waals surface area contributed by atoms with E-state index in [0.717, 1.165) is 45.0 Å². The molecular formula is C37H42N12O4. The Kier molecular flexibility index (Phi) is 16.5. The molecular weight excluding hydrogens is 676 g/mol. The van der Waals surface area contributed by atoms with Gasteiger partial charge in [-0.1, -0.05) is 12.1 Å². The smallest absolute Gasteiger partial charge is 0.337 e. The highest BCUT2D eigenvalue weighted by molar-refractivity contribution is 5.95. The average molecular weight is 719 g/mol. The molecule has 6 aromatic rings. The van der Waals surface area contributed by atoms with Crippen LogP contribution in [0.4, 0.5) is 23.3 Å². The van der Waals surface area contributed by atoms with E-state index in [2.05, 4.69) is 57.6 Å². The number of nitrogens with zero attached hydrogens (tertiary/aromatic N) is 6. The molecule has 0 bridgehead atoms. The van der Waals surface area contributed by atoms with Crippen LogP contribution in [0.3, 0.4) is 0 Å². The molecule has 0 spiro atoms. The lowest BCUT2D eigenvalue weighted by Gasteiger charge is -2.10. The summed E-state index contributed by atoms with van der Waals surface area (Å²) in [5.74, 6) is 13.3. The van der Waals surface area contributed by atoms with E-state index in [0.29, 0.717) is 23.0 Å². The number of anilines is 4. The van der Waals surface area contributed by atoms with Crippen molar-refractivity contribution in [3.8, 4) is 22.5 Å². The molecule has 1 amide bonds. The first-order valence-corrected chi connectivity index (χ1v) is 16.0. The van der Waals surface area contributed by atoms with Crippen molar-refractivity contribution in [1.82, 2.24) is 35.3 Å². The lowest BCUT2D eigenvalue weighted by molar-refractivity contribution is 0.0600. The molecule has 0 aliphatic heterocycles. The predicted octanol–water partition coefficient (Wildman–Crippen LogP) is 4.39. The number of rotatable bonds is 8. The number of carbonyl (C=O) groups excluding carboxylic acids is 2. The number of aryl methyl sites for hydroxylation is 2. The van der Waals surface area contributed by atoms with Crippen molar-refractivity contribution < 1.29 is 19.4 Å². The van der Waals surface area contributed by atoms with Crippen molar-refractivity contribution in [3.63, 3.8) is 0 Å². The number of aliphatic hydroxyl groups excluding tert-OH is 1. The number of pyridine rings is 2. The minimum Gasteiger partial charge on any atom is -0.465 e. The molecule has 4 heterocycles. The molecule has 53 heavy (non-hydrogen) atoms. The van der Waals surface area contributed by atoms with E-state index in [1.54, 1.807) is 68.4 Å². The predicted molar refractivity (Wildman–Crippen MR) is 204 cm³/mol. The Bertz CT molecular complexity index is 1910. The number of benzene rings is 2. The summed E-state index contributed by atoms with van der Waals surface area (Å²) < 4.78 is 4.75. The maximum absolute atomic E-state index is 11.7. The van der Waals surface area contributed by atoms with Gasteiger partial charge in [-0.15, -0.1) is 0 Å². The summed E-state index contributed by atoms with van der Waals surface area (Å²) in [4.78, 5) is 49.0. The second-order valence-electron chi connectivity index (χ2n) is 10.6. The van der Waals surface area contributed by atoms with Gasteiger partial charge in [0.15, 0.2) is 0 Å². The van der Waals surface area contributed by atoms with Crippen molar-refractivity contribution >= 4 is 35.1 Å². The number of amides is 1. The molecule has 0 atom stereocenters. The lowest BCUT2D eigenvalue weighted by atomic mass is 10.1. The zero-order chi connectivity index (χ0) is 38.6. The number of ether oxygens (including phenoxy) is 1. The van der Waals surface area contributed by atoms with Gasteiger partial charge in [0.1, 0.15) is 0 Å². The third kappa shape index (κ3) is 12.2. The first-order chi connectivity index (χ1) is 25.8. The molecule has 0 aliphatic rings. The number of hydrogen-bond donors (Lipinski definition) is 7. The number of nitrogens with two attached hydrogens (primary N) is 3. The van der Waals surface area contributed by atoms with Gasteiger partial charge >= 0.3 is 5.97 Å². The highest BCUT2D eigenvalue weighted by Crippen LogP contribution is 2.24. The quantitative estimate of drug-likeness (QED) is 0.0498. The molecule has 10 N–H and O–H groups in total. The lowest BCUT2D eigenvalue weighted by Crippen LogP contribution is -2.30. The van der Waals surface area contributed by atoms with Gasteiger partial charge in [-0.05, 0) is 92.6 Å². The van der Waals surface area contributed by atoms with Gasteiger partial charge < -0.3 is 20.5 Å². The van der Waals surface area contributed by atoms with E-state index in [1.807, 2.05) is 62.4 Å². The van der Waals surface area contributed by atoms with Crippen LogP contribution in [0, 0.1) is 13.8 Å². The van der Waals surface area contributed by atoms with Gasteiger partial charge in [0.2, 0.25) is 11.9 Å². The maximum atomic E-state index is 11.7. The molecule has 0 unspecified atom stereocenters. The summed E-state index contributed by atoms with van der Waals surface area (Å²) in [6, 6.07) is 21.7. The Labute approximate surface area is 306 Å². The van der Waals surface area contributed by atoms with E-state index in [-0.39, 0.29) is 18.5 Å². The van der Waals surface area contributed by atoms with Crippen molar-refractivity contribution in [2.24, 2.45) is 17.5 Å². The van der Waals surface area contributed by atoms with Gasteiger partial charge in [-0.2, -0.15) is 0 Å². The summed E-state index contributed by atoms with van der Waals surface area (Å²) in [6.07, 6.45) is 10.3. The Morgan fingerprint density at radius 2 is 1.17 bits per heavy atom. The summed E-state index contributed by atoms with van der Waals surface area (Å²) in [5, 5.41) is 13.9. The molecule has 0 saturated heterocycles. The fourth-order valence-electron chi connectivity index (χ4n) is 4.41. The van der Waals surface area contributed by atoms with Gasteiger partial charge in [-0.3, -0.25) is 31.9 Å². The Morgan fingerprint density at radius 3 is 1.58 bits per heavy atom. The minimum atomic E-state index is -0.386. The average Bonchev–Trinajstić information content (AvgIpc) is 3.21. The third-order valence-corrected chi connectivity index (χ3v) is 7.01. The van der Waals surface area contributed by atoms with E-state index < -0.39 is 0 Å². The molecule has 16 nitrogen and oxygen atoms in total. The number of aromatic nitrogens is 6. The molecule has 4 aromatic heterocycles. The molecule has 6 rings (SSSR count). The van der Waals surface area contributed by atoms with Crippen molar-refractivity contribution in [1.29, 1.82) is 0 Å². The van der Waals surface area contributed by atoms with Gasteiger partial charge in [0, 0.05) is 71.9 Å². The highest BCUT2D eigenvalue weighted by Gasteiger charge is 2.11. The van der Waals surface area contributed by atoms with Crippen LogP contribution in [0.5, 0.6) is 0 Å². The molecule has 0 fully saturated rings. The Morgan fingerprint density at radius 1 is 0.717 bits per heavy atom. The Hall–Kier alpha value is -6.72. The number of nitrogens with one attached hydrogen (secondary N) is 3. The second kappa shape index (κ2) is 21.5. The number of aliphatic hydroxyl groups is 1. The SMILES string of the molecule is CCO.COC(=O)c1ccc(C)c(Nc2nccc(-c3cccnc3)n2)c1.Cc1ccc(C(=O)NN)cc1Nc1nccc(-c2cccnc2)n1.NN. The van der Waals surface area contributed by atoms with Crippen LogP contribution in [0.15, 0.2) is 110 Å². The molecule has 16 heteroatoms. The molecule has 0 radical (unpaired) electrons. The van der Waals surface area contributed by atoms with Crippen LogP contribution in [0.2, 0.25) is 0 Å². The maximum Gasteiger partial charge on any atom is 0.337 e. The van der Waals surface area contributed by atoms with E-state index >= 15 is 0 Å². The van der Waals surface area contributed by atoms with Gasteiger partial charge in [-0.25, -0.2) is 30.6 Å². The second-order valence-corrected chi connectivity index (χ2v) is 10.6. The van der Waals surface area contributed by atoms with Crippen molar-refractivity contribution in [2.75, 3.05) is 24.4 Å². The van der Waals surface area contributed by atoms with E-state index in [9.17, 15) is 9.59 Å². The molecule has 0 aliphatic carbocycles. The topological polar surface area (TPSA) is 255 Å². The van der Waals surface area contributed by atoms with Crippen LogP contribution in [0.25, 0.3) is 22.5 Å². The number of carbonyl (C=O) groups is 2. The summed E-state index contributed by atoms with van der Waals surface area (Å²) >= 11 is 0. The zero-order valence-corrected chi connectivity index (χ0v) is 29.7. The summed E-state index contributed by atoms with van der Waals surface area (Å²) in [7, 11) is 1.36. The molecule has 0 saturated carbocycles. The van der Waals surface area contributed by atoms with E-state index in [4.69, 9.17) is 15.7 Å². The third-order valence-electron chi connectivity index (χ3n) is 7.01. The van der Waals surface area contributed by atoms with Crippen LogP contribution in [-0.4, -0.2) is 60.6 Å². The number of hydrazine groups is 2. The normalized spacial score (nSPS) is 9.74. The zero-order valence-electron chi connectivity index (χ0n) is 29.7. The van der Waals surface area contributed by atoms with Crippen LogP contribution in [-0.2, 0) is 4.74 Å². The number of nitrogen functional groups attached to an aromatic ring is 1. The largest absolute Gasteiger partial charge is 0.465 e.